The molecule has 0 radical (unpaired) electrons. The first-order valence-electron chi connectivity index (χ1n) is 6.32. The number of carboxylic acids is 1. The standard InChI is InChI=1S/C12H14N4O3S/c17-11(18)12(3-5-19-6-4-12)8-16-10(13-14-15-16)9-2-1-7-20-9/h1-2,7H,3-6,8H2,(H,17,18). The van der Waals surface area contributed by atoms with Crippen LogP contribution in [0.3, 0.4) is 0 Å². The highest BCUT2D eigenvalue weighted by molar-refractivity contribution is 7.13. The van der Waals surface area contributed by atoms with Gasteiger partial charge in [0, 0.05) is 13.2 Å². The van der Waals surface area contributed by atoms with Gasteiger partial charge in [-0.1, -0.05) is 6.07 Å². The molecule has 1 saturated heterocycles. The van der Waals surface area contributed by atoms with E-state index >= 15 is 0 Å². The molecule has 1 fully saturated rings. The molecule has 0 bridgehead atoms. The summed E-state index contributed by atoms with van der Waals surface area (Å²) in [6.45, 7) is 1.19. The van der Waals surface area contributed by atoms with E-state index in [1.807, 2.05) is 17.5 Å². The molecule has 1 N–H and O–H groups in total. The van der Waals surface area contributed by atoms with Crippen molar-refractivity contribution in [2.24, 2.45) is 5.41 Å². The van der Waals surface area contributed by atoms with E-state index in [9.17, 15) is 9.90 Å². The van der Waals surface area contributed by atoms with E-state index in [4.69, 9.17) is 4.74 Å². The van der Waals surface area contributed by atoms with Gasteiger partial charge in [0.25, 0.3) is 0 Å². The van der Waals surface area contributed by atoms with Crippen molar-refractivity contribution in [1.29, 1.82) is 0 Å². The number of tetrazole rings is 1. The Morgan fingerprint density at radius 2 is 2.30 bits per heavy atom. The summed E-state index contributed by atoms with van der Waals surface area (Å²) < 4.78 is 6.86. The molecule has 1 aliphatic heterocycles. The van der Waals surface area contributed by atoms with Crippen molar-refractivity contribution in [1.82, 2.24) is 20.2 Å². The second kappa shape index (κ2) is 5.29. The Morgan fingerprint density at radius 1 is 1.50 bits per heavy atom. The lowest BCUT2D eigenvalue weighted by Crippen LogP contribution is -2.41. The van der Waals surface area contributed by atoms with E-state index in [1.165, 1.54) is 11.3 Å². The molecule has 2 aromatic heterocycles. The number of carbonyl (C=O) groups is 1. The number of hydrogen-bond acceptors (Lipinski definition) is 6. The summed E-state index contributed by atoms with van der Waals surface area (Å²) in [4.78, 5) is 12.6. The van der Waals surface area contributed by atoms with E-state index in [-0.39, 0.29) is 6.54 Å². The molecule has 8 heteroatoms. The highest BCUT2D eigenvalue weighted by Gasteiger charge is 2.41. The molecule has 0 aromatic carbocycles. The van der Waals surface area contributed by atoms with Gasteiger partial charge in [-0.25, -0.2) is 4.68 Å². The van der Waals surface area contributed by atoms with Crippen LogP contribution in [0.15, 0.2) is 17.5 Å². The van der Waals surface area contributed by atoms with Gasteiger partial charge in [0.05, 0.1) is 16.8 Å². The van der Waals surface area contributed by atoms with Crippen molar-refractivity contribution in [3.63, 3.8) is 0 Å². The Kier molecular flexibility index (Phi) is 3.49. The monoisotopic (exact) mass is 294 g/mol. The summed E-state index contributed by atoms with van der Waals surface area (Å²) in [7, 11) is 0. The van der Waals surface area contributed by atoms with Crippen LogP contribution in [-0.2, 0) is 16.1 Å². The Morgan fingerprint density at radius 3 is 2.95 bits per heavy atom. The lowest BCUT2D eigenvalue weighted by molar-refractivity contribution is -0.156. The minimum absolute atomic E-state index is 0.270. The van der Waals surface area contributed by atoms with Crippen LogP contribution in [0.4, 0.5) is 0 Å². The van der Waals surface area contributed by atoms with Crippen LogP contribution in [-0.4, -0.2) is 44.5 Å². The molecule has 20 heavy (non-hydrogen) atoms. The molecule has 0 amide bonds. The first-order chi connectivity index (χ1) is 9.71. The number of nitrogens with zero attached hydrogens (tertiary/aromatic N) is 4. The number of thiophene rings is 1. The summed E-state index contributed by atoms with van der Waals surface area (Å²) in [5, 5.41) is 23.1. The third kappa shape index (κ3) is 2.32. The Labute approximate surface area is 119 Å². The Hall–Kier alpha value is -1.80. The van der Waals surface area contributed by atoms with Crippen LogP contribution >= 0.6 is 11.3 Å². The third-order valence-corrected chi connectivity index (χ3v) is 4.50. The van der Waals surface area contributed by atoms with Crippen molar-refractivity contribution in [2.75, 3.05) is 13.2 Å². The number of aliphatic carboxylic acids is 1. The topological polar surface area (TPSA) is 90.1 Å². The minimum atomic E-state index is -0.848. The summed E-state index contributed by atoms with van der Waals surface area (Å²) >= 11 is 1.53. The van der Waals surface area contributed by atoms with E-state index in [0.29, 0.717) is 31.9 Å². The first kappa shape index (κ1) is 13.2. The van der Waals surface area contributed by atoms with Gasteiger partial charge in [0.1, 0.15) is 0 Å². The maximum Gasteiger partial charge on any atom is 0.311 e. The molecular weight excluding hydrogens is 280 g/mol. The average Bonchev–Trinajstić information content (AvgIpc) is 3.10. The highest BCUT2D eigenvalue weighted by Crippen LogP contribution is 2.34. The smallest absolute Gasteiger partial charge is 0.311 e. The molecule has 1 aliphatic rings. The molecule has 0 unspecified atom stereocenters. The lowest BCUT2D eigenvalue weighted by Gasteiger charge is -2.32. The summed E-state index contributed by atoms with van der Waals surface area (Å²) in [6.07, 6.45) is 0.956. The fraction of sp³-hybridized carbons (Fsp3) is 0.500. The van der Waals surface area contributed by atoms with Crippen molar-refractivity contribution in [2.45, 2.75) is 19.4 Å². The van der Waals surface area contributed by atoms with E-state index < -0.39 is 11.4 Å². The van der Waals surface area contributed by atoms with Crippen LogP contribution < -0.4 is 0 Å². The zero-order chi connectivity index (χ0) is 14.0. The van der Waals surface area contributed by atoms with Crippen LogP contribution in [0.1, 0.15) is 12.8 Å². The fourth-order valence-electron chi connectivity index (χ4n) is 2.38. The van der Waals surface area contributed by atoms with Gasteiger partial charge in [-0.3, -0.25) is 4.79 Å². The molecule has 106 valence electrons. The minimum Gasteiger partial charge on any atom is -0.481 e. The summed E-state index contributed by atoms with van der Waals surface area (Å²) in [5.41, 5.74) is -0.848. The zero-order valence-electron chi connectivity index (χ0n) is 10.7. The second-order valence-electron chi connectivity index (χ2n) is 4.84. The van der Waals surface area contributed by atoms with E-state index in [1.54, 1.807) is 4.68 Å². The molecular formula is C12H14N4O3S. The summed E-state index contributed by atoms with van der Waals surface area (Å²) in [6, 6.07) is 3.84. The molecule has 0 saturated carbocycles. The van der Waals surface area contributed by atoms with E-state index in [0.717, 1.165) is 4.88 Å². The Bertz CT molecular complexity index is 590. The number of ether oxygens (including phenoxy) is 1. The quantitative estimate of drug-likeness (QED) is 0.913. The normalized spacial score (nSPS) is 18.0. The molecule has 0 atom stereocenters. The molecule has 0 aliphatic carbocycles. The predicted molar refractivity (Wildman–Crippen MR) is 71.3 cm³/mol. The maximum atomic E-state index is 11.7. The highest BCUT2D eigenvalue weighted by atomic mass is 32.1. The van der Waals surface area contributed by atoms with Gasteiger partial charge >= 0.3 is 5.97 Å². The molecule has 3 rings (SSSR count). The van der Waals surface area contributed by atoms with Crippen LogP contribution in [0.2, 0.25) is 0 Å². The second-order valence-corrected chi connectivity index (χ2v) is 5.78. The fourth-order valence-corrected chi connectivity index (χ4v) is 3.09. The average molecular weight is 294 g/mol. The first-order valence-corrected chi connectivity index (χ1v) is 7.20. The molecule has 7 nitrogen and oxygen atoms in total. The van der Waals surface area contributed by atoms with Gasteiger partial charge < -0.3 is 9.84 Å². The predicted octanol–water partition coefficient (Wildman–Crippen LogP) is 1.28. The van der Waals surface area contributed by atoms with Crippen molar-refractivity contribution >= 4 is 17.3 Å². The van der Waals surface area contributed by atoms with Crippen molar-refractivity contribution in [3.05, 3.63) is 17.5 Å². The van der Waals surface area contributed by atoms with Crippen molar-refractivity contribution in [3.8, 4) is 10.7 Å². The zero-order valence-corrected chi connectivity index (χ0v) is 11.5. The van der Waals surface area contributed by atoms with Gasteiger partial charge in [0.2, 0.25) is 0 Å². The van der Waals surface area contributed by atoms with Crippen LogP contribution in [0.5, 0.6) is 0 Å². The number of rotatable bonds is 4. The van der Waals surface area contributed by atoms with Crippen LogP contribution in [0, 0.1) is 5.41 Å². The van der Waals surface area contributed by atoms with Gasteiger partial charge in [0.15, 0.2) is 5.82 Å². The third-order valence-electron chi connectivity index (χ3n) is 3.63. The number of hydrogen-bond donors (Lipinski definition) is 1. The van der Waals surface area contributed by atoms with Crippen molar-refractivity contribution < 1.29 is 14.6 Å². The lowest BCUT2D eigenvalue weighted by atomic mass is 9.80. The molecule has 0 spiro atoms. The molecule has 2 aromatic rings. The number of carboxylic acid groups (broad SMARTS) is 1. The van der Waals surface area contributed by atoms with Gasteiger partial charge in [-0.15, -0.1) is 16.4 Å². The van der Waals surface area contributed by atoms with Crippen LogP contribution in [0.25, 0.3) is 10.7 Å². The van der Waals surface area contributed by atoms with E-state index in [2.05, 4.69) is 15.5 Å². The Balaban J connectivity index is 1.90. The maximum absolute atomic E-state index is 11.7. The molecule has 3 heterocycles. The number of aromatic nitrogens is 4. The largest absolute Gasteiger partial charge is 0.481 e. The summed E-state index contributed by atoms with van der Waals surface area (Å²) in [5.74, 6) is -0.194. The SMILES string of the molecule is O=C(O)C1(Cn2nnnc2-c2cccs2)CCOCC1. The van der Waals surface area contributed by atoms with Gasteiger partial charge in [-0.2, -0.15) is 0 Å². The van der Waals surface area contributed by atoms with Gasteiger partial charge in [-0.05, 0) is 34.7 Å².